The van der Waals surface area contributed by atoms with Crippen LogP contribution in [0, 0.1) is 20.8 Å². The highest BCUT2D eigenvalue weighted by molar-refractivity contribution is 5.64. The number of nitrogens with one attached hydrogen (secondary N) is 1. The Morgan fingerprint density at radius 3 is 2.43 bits per heavy atom. The third-order valence-electron chi connectivity index (χ3n) is 3.78. The van der Waals surface area contributed by atoms with Crippen LogP contribution in [0.2, 0.25) is 0 Å². The topological polar surface area (TPSA) is 41.0 Å². The zero-order chi connectivity index (χ0) is 15.4. The Balaban J connectivity index is 2.34. The maximum atomic E-state index is 4.53. The van der Waals surface area contributed by atoms with Crippen molar-refractivity contribution in [2.75, 3.05) is 23.3 Å². The molecule has 0 unspecified atom stereocenters. The fourth-order valence-electron chi connectivity index (χ4n) is 2.35. The van der Waals surface area contributed by atoms with Crippen LogP contribution in [-0.4, -0.2) is 23.1 Å². The van der Waals surface area contributed by atoms with E-state index < -0.39 is 0 Å². The maximum absolute atomic E-state index is 4.53. The van der Waals surface area contributed by atoms with Crippen molar-refractivity contribution in [2.45, 2.75) is 34.6 Å². The van der Waals surface area contributed by atoms with Gasteiger partial charge in [-0.15, -0.1) is 0 Å². The van der Waals surface area contributed by atoms with Gasteiger partial charge in [-0.2, -0.15) is 0 Å². The monoisotopic (exact) mass is 284 g/mol. The molecule has 21 heavy (non-hydrogen) atoms. The van der Waals surface area contributed by atoms with Crippen molar-refractivity contribution < 1.29 is 0 Å². The molecule has 0 atom stereocenters. The molecule has 1 aromatic heterocycles. The number of aromatic nitrogens is 2. The number of hydrogen-bond donors (Lipinski definition) is 1. The zero-order valence-corrected chi connectivity index (χ0v) is 13.6. The Morgan fingerprint density at radius 1 is 1.05 bits per heavy atom. The maximum Gasteiger partial charge on any atom is 0.136 e. The summed E-state index contributed by atoms with van der Waals surface area (Å²) in [7, 11) is 0. The van der Waals surface area contributed by atoms with Crippen molar-refractivity contribution in [3.63, 3.8) is 0 Å². The van der Waals surface area contributed by atoms with E-state index >= 15 is 0 Å². The van der Waals surface area contributed by atoms with E-state index in [-0.39, 0.29) is 0 Å². The molecule has 0 saturated carbocycles. The van der Waals surface area contributed by atoms with E-state index in [1.54, 1.807) is 0 Å². The molecule has 0 aliphatic carbocycles. The molecule has 0 bridgehead atoms. The van der Waals surface area contributed by atoms with Crippen molar-refractivity contribution in [1.29, 1.82) is 0 Å². The molecule has 4 heteroatoms. The van der Waals surface area contributed by atoms with Crippen LogP contribution >= 0.6 is 0 Å². The molecule has 0 fully saturated rings. The zero-order valence-electron chi connectivity index (χ0n) is 13.6. The summed E-state index contributed by atoms with van der Waals surface area (Å²) in [5.41, 5.74) is 3.62. The molecule has 0 aliphatic heterocycles. The summed E-state index contributed by atoms with van der Waals surface area (Å²) in [4.78, 5) is 11.3. The molecule has 0 saturated heterocycles. The Labute approximate surface area is 127 Å². The number of nitrogens with zero attached hydrogens (tertiary/aromatic N) is 3. The predicted octanol–water partition coefficient (Wildman–Crippen LogP) is 3.99. The fraction of sp³-hybridized carbons (Fsp3) is 0.412. The van der Waals surface area contributed by atoms with Crippen molar-refractivity contribution >= 4 is 17.3 Å². The van der Waals surface area contributed by atoms with Crippen LogP contribution in [0.15, 0.2) is 24.3 Å². The summed E-state index contributed by atoms with van der Waals surface area (Å²) in [5.74, 6) is 2.60. The standard InChI is InChI=1S/C17H24N4/c1-6-21(7-2)17-11-16(18-14(5)19-17)20-15-10-8-9-12(3)13(15)4/h8-11H,6-7H2,1-5H3,(H,18,19,20). The minimum atomic E-state index is 0.784. The lowest BCUT2D eigenvalue weighted by molar-refractivity contribution is 0.835. The Bertz CT molecular complexity index is 618. The van der Waals surface area contributed by atoms with Crippen molar-refractivity contribution in [3.05, 3.63) is 41.2 Å². The smallest absolute Gasteiger partial charge is 0.136 e. The van der Waals surface area contributed by atoms with Gasteiger partial charge >= 0.3 is 0 Å². The van der Waals surface area contributed by atoms with Crippen LogP contribution in [0.3, 0.4) is 0 Å². The van der Waals surface area contributed by atoms with E-state index in [0.717, 1.165) is 36.2 Å². The Kier molecular flexibility index (Phi) is 4.78. The predicted molar refractivity (Wildman–Crippen MR) is 89.5 cm³/mol. The van der Waals surface area contributed by atoms with Crippen molar-refractivity contribution in [2.24, 2.45) is 0 Å². The molecular formula is C17H24N4. The Morgan fingerprint density at radius 2 is 1.76 bits per heavy atom. The van der Waals surface area contributed by atoms with E-state index in [2.05, 4.69) is 66.1 Å². The lowest BCUT2D eigenvalue weighted by atomic mass is 10.1. The summed E-state index contributed by atoms with van der Waals surface area (Å²) in [6.07, 6.45) is 0. The highest BCUT2D eigenvalue weighted by Crippen LogP contribution is 2.23. The van der Waals surface area contributed by atoms with Crippen LogP contribution in [0.5, 0.6) is 0 Å². The summed E-state index contributed by atoms with van der Waals surface area (Å²) in [6, 6.07) is 8.27. The van der Waals surface area contributed by atoms with Crippen molar-refractivity contribution in [3.8, 4) is 0 Å². The van der Waals surface area contributed by atoms with E-state index in [4.69, 9.17) is 0 Å². The SMILES string of the molecule is CCN(CC)c1cc(Nc2cccc(C)c2C)nc(C)n1. The van der Waals surface area contributed by atoms with Gasteiger partial charge in [-0.3, -0.25) is 0 Å². The fourth-order valence-corrected chi connectivity index (χ4v) is 2.35. The van der Waals surface area contributed by atoms with Crippen LogP contribution < -0.4 is 10.2 Å². The normalized spacial score (nSPS) is 10.5. The average Bonchev–Trinajstić information content (AvgIpc) is 2.45. The van der Waals surface area contributed by atoms with E-state index in [9.17, 15) is 0 Å². The summed E-state index contributed by atoms with van der Waals surface area (Å²) in [6.45, 7) is 12.3. The van der Waals surface area contributed by atoms with Crippen LogP contribution in [-0.2, 0) is 0 Å². The van der Waals surface area contributed by atoms with Gasteiger partial charge in [-0.05, 0) is 51.8 Å². The number of anilines is 3. The van der Waals surface area contributed by atoms with Gasteiger partial charge in [-0.1, -0.05) is 12.1 Å². The molecular weight excluding hydrogens is 260 g/mol. The summed E-state index contributed by atoms with van der Waals surface area (Å²) >= 11 is 0. The molecule has 4 nitrogen and oxygen atoms in total. The lowest BCUT2D eigenvalue weighted by Gasteiger charge is -2.21. The number of aryl methyl sites for hydroxylation is 2. The van der Waals surface area contributed by atoms with Crippen LogP contribution in [0.1, 0.15) is 30.8 Å². The third-order valence-corrected chi connectivity index (χ3v) is 3.78. The van der Waals surface area contributed by atoms with E-state index in [0.29, 0.717) is 0 Å². The highest BCUT2D eigenvalue weighted by Gasteiger charge is 2.08. The van der Waals surface area contributed by atoms with Crippen LogP contribution in [0.4, 0.5) is 17.3 Å². The summed E-state index contributed by atoms with van der Waals surface area (Å²) in [5, 5.41) is 3.42. The third kappa shape index (κ3) is 3.51. The molecule has 0 spiro atoms. The van der Waals surface area contributed by atoms with Gasteiger partial charge in [0.25, 0.3) is 0 Å². The van der Waals surface area contributed by atoms with Gasteiger partial charge < -0.3 is 10.2 Å². The van der Waals surface area contributed by atoms with Gasteiger partial charge in [0.15, 0.2) is 0 Å². The molecule has 1 aromatic carbocycles. The average molecular weight is 284 g/mol. The first-order valence-electron chi connectivity index (χ1n) is 7.49. The van der Waals surface area contributed by atoms with Gasteiger partial charge in [0, 0.05) is 24.8 Å². The molecule has 112 valence electrons. The van der Waals surface area contributed by atoms with Crippen LogP contribution in [0.25, 0.3) is 0 Å². The van der Waals surface area contributed by atoms with Gasteiger partial charge in [0.1, 0.15) is 17.5 Å². The first-order valence-corrected chi connectivity index (χ1v) is 7.49. The second kappa shape index (κ2) is 6.57. The number of hydrogen-bond acceptors (Lipinski definition) is 4. The minimum Gasteiger partial charge on any atom is -0.357 e. The highest BCUT2D eigenvalue weighted by atomic mass is 15.2. The first-order chi connectivity index (χ1) is 10.0. The number of rotatable bonds is 5. The summed E-state index contributed by atoms with van der Waals surface area (Å²) < 4.78 is 0. The minimum absolute atomic E-state index is 0.784. The molecule has 2 rings (SSSR count). The second-order valence-electron chi connectivity index (χ2n) is 5.20. The second-order valence-corrected chi connectivity index (χ2v) is 5.20. The van der Waals surface area contributed by atoms with Gasteiger partial charge in [0.05, 0.1) is 0 Å². The van der Waals surface area contributed by atoms with E-state index in [1.165, 1.54) is 11.1 Å². The van der Waals surface area contributed by atoms with Gasteiger partial charge in [0.2, 0.25) is 0 Å². The molecule has 1 N–H and O–H groups in total. The lowest BCUT2D eigenvalue weighted by Crippen LogP contribution is -2.23. The van der Waals surface area contributed by atoms with Gasteiger partial charge in [-0.25, -0.2) is 9.97 Å². The molecule has 2 aromatic rings. The van der Waals surface area contributed by atoms with E-state index in [1.807, 2.05) is 13.0 Å². The number of benzene rings is 1. The molecule has 0 aliphatic rings. The Hall–Kier alpha value is -2.10. The largest absolute Gasteiger partial charge is 0.357 e. The molecule has 0 amide bonds. The quantitative estimate of drug-likeness (QED) is 0.901. The first kappa shape index (κ1) is 15.3. The molecule has 1 heterocycles. The molecule has 0 radical (unpaired) electrons. The van der Waals surface area contributed by atoms with Crippen molar-refractivity contribution in [1.82, 2.24) is 9.97 Å².